The average molecular weight is 365 g/mol. The molecule has 0 saturated carbocycles. The molecule has 1 atom stereocenters. The summed E-state index contributed by atoms with van der Waals surface area (Å²) in [7, 11) is 3.16. The molecule has 3 heterocycles. The van der Waals surface area contributed by atoms with Gasteiger partial charge in [0.15, 0.2) is 5.82 Å². The van der Waals surface area contributed by atoms with Gasteiger partial charge in [0.2, 0.25) is 11.8 Å². The fourth-order valence-corrected chi connectivity index (χ4v) is 3.37. The SMILES string of the molecule is COc1ccc([C@H]2CC(=O)Nc3c2c(C)nn3-c2ccc(OC)nn2)cc1. The van der Waals surface area contributed by atoms with E-state index in [0.29, 0.717) is 23.9 Å². The summed E-state index contributed by atoms with van der Waals surface area (Å²) in [6.45, 7) is 1.93. The van der Waals surface area contributed by atoms with Gasteiger partial charge in [-0.2, -0.15) is 9.78 Å². The Morgan fingerprint density at radius 3 is 2.48 bits per heavy atom. The number of rotatable bonds is 4. The van der Waals surface area contributed by atoms with Gasteiger partial charge < -0.3 is 14.8 Å². The van der Waals surface area contributed by atoms with E-state index in [0.717, 1.165) is 22.6 Å². The summed E-state index contributed by atoms with van der Waals surface area (Å²) in [5.74, 6) is 2.18. The van der Waals surface area contributed by atoms with Gasteiger partial charge in [0.25, 0.3) is 0 Å². The lowest BCUT2D eigenvalue weighted by Gasteiger charge is -2.24. The molecule has 27 heavy (non-hydrogen) atoms. The number of fused-ring (bicyclic) bond motifs is 1. The number of nitrogens with zero attached hydrogens (tertiary/aromatic N) is 4. The molecule has 1 aromatic carbocycles. The number of aromatic nitrogens is 4. The lowest BCUT2D eigenvalue weighted by Crippen LogP contribution is -2.25. The predicted octanol–water partition coefficient (Wildman–Crippen LogP) is 2.46. The van der Waals surface area contributed by atoms with E-state index in [1.54, 1.807) is 23.9 Å². The van der Waals surface area contributed by atoms with Crippen LogP contribution < -0.4 is 14.8 Å². The quantitative estimate of drug-likeness (QED) is 0.764. The van der Waals surface area contributed by atoms with Crippen LogP contribution in [0, 0.1) is 6.92 Å². The summed E-state index contributed by atoms with van der Waals surface area (Å²) in [6.07, 6.45) is 0.361. The van der Waals surface area contributed by atoms with Crippen molar-refractivity contribution in [3.63, 3.8) is 0 Å². The van der Waals surface area contributed by atoms with Crippen LogP contribution in [0.2, 0.25) is 0 Å². The zero-order chi connectivity index (χ0) is 19.0. The Hall–Kier alpha value is -3.42. The highest BCUT2D eigenvalue weighted by Gasteiger charge is 2.33. The van der Waals surface area contributed by atoms with E-state index in [-0.39, 0.29) is 11.8 Å². The van der Waals surface area contributed by atoms with E-state index in [9.17, 15) is 4.79 Å². The van der Waals surface area contributed by atoms with Crippen molar-refractivity contribution in [2.24, 2.45) is 0 Å². The number of carbonyl (C=O) groups excluding carboxylic acids is 1. The number of ether oxygens (including phenoxy) is 2. The third-order valence-corrected chi connectivity index (χ3v) is 4.67. The summed E-state index contributed by atoms with van der Waals surface area (Å²) < 4.78 is 11.9. The summed E-state index contributed by atoms with van der Waals surface area (Å²) >= 11 is 0. The van der Waals surface area contributed by atoms with Gasteiger partial charge in [0, 0.05) is 24.0 Å². The maximum absolute atomic E-state index is 12.4. The van der Waals surface area contributed by atoms with Crippen molar-refractivity contribution in [1.82, 2.24) is 20.0 Å². The molecule has 8 heteroatoms. The molecule has 0 saturated heterocycles. The Labute approximate surface area is 156 Å². The van der Waals surface area contributed by atoms with Crippen molar-refractivity contribution < 1.29 is 14.3 Å². The fourth-order valence-electron chi connectivity index (χ4n) is 3.37. The average Bonchev–Trinajstić information content (AvgIpc) is 3.04. The molecule has 1 aliphatic rings. The van der Waals surface area contributed by atoms with Gasteiger partial charge in [-0.1, -0.05) is 12.1 Å². The lowest BCUT2D eigenvalue weighted by molar-refractivity contribution is -0.116. The maximum atomic E-state index is 12.4. The first-order chi connectivity index (χ1) is 13.1. The highest BCUT2D eigenvalue weighted by molar-refractivity contribution is 5.95. The number of hydrogen-bond donors (Lipinski definition) is 1. The molecular formula is C19H19N5O3. The van der Waals surface area contributed by atoms with Crippen LogP contribution in [0.15, 0.2) is 36.4 Å². The molecule has 0 spiro atoms. The molecule has 138 valence electrons. The molecule has 3 aromatic rings. The Morgan fingerprint density at radius 1 is 1.07 bits per heavy atom. The third kappa shape index (κ3) is 2.99. The number of amides is 1. The second kappa shape index (κ2) is 6.71. The predicted molar refractivity (Wildman–Crippen MR) is 98.5 cm³/mol. The first kappa shape index (κ1) is 17.0. The smallest absolute Gasteiger partial charge is 0.233 e. The van der Waals surface area contributed by atoms with Crippen LogP contribution in [0.25, 0.3) is 5.82 Å². The Kier molecular flexibility index (Phi) is 4.23. The first-order valence-electron chi connectivity index (χ1n) is 8.52. The van der Waals surface area contributed by atoms with Crippen LogP contribution in [0.4, 0.5) is 5.82 Å². The van der Waals surface area contributed by atoms with Crippen LogP contribution in [0.5, 0.6) is 11.6 Å². The molecule has 2 aromatic heterocycles. The van der Waals surface area contributed by atoms with E-state index in [4.69, 9.17) is 9.47 Å². The Bertz CT molecular complexity index is 980. The Morgan fingerprint density at radius 2 is 1.85 bits per heavy atom. The minimum atomic E-state index is -0.0837. The fraction of sp³-hybridized carbons (Fsp3) is 0.263. The third-order valence-electron chi connectivity index (χ3n) is 4.67. The molecule has 0 fully saturated rings. The number of carbonyl (C=O) groups is 1. The second-order valence-electron chi connectivity index (χ2n) is 6.27. The standard InChI is InChI=1S/C19H19N5O3/c1-11-18-14(12-4-6-13(26-2)7-5-12)10-16(25)20-19(18)24(23-11)15-8-9-17(27-3)22-21-15/h4-9,14H,10H2,1-3H3,(H,20,25)/t14-/m1/s1. The maximum Gasteiger partial charge on any atom is 0.233 e. The summed E-state index contributed by atoms with van der Waals surface area (Å²) in [5, 5.41) is 15.7. The molecule has 8 nitrogen and oxygen atoms in total. The van der Waals surface area contributed by atoms with E-state index in [1.807, 2.05) is 31.2 Å². The first-order valence-corrected chi connectivity index (χ1v) is 8.52. The van der Waals surface area contributed by atoms with E-state index < -0.39 is 0 Å². The molecule has 4 rings (SSSR count). The highest BCUT2D eigenvalue weighted by atomic mass is 16.5. The molecular weight excluding hydrogens is 346 g/mol. The van der Waals surface area contributed by atoms with Gasteiger partial charge in [0.1, 0.15) is 11.6 Å². The van der Waals surface area contributed by atoms with Crippen LogP contribution >= 0.6 is 0 Å². The summed E-state index contributed by atoms with van der Waals surface area (Å²) in [6, 6.07) is 11.2. The lowest BCUT2D eigenvalue weighted by atomic mass is 9.86. The molecule has 0 bridgehead atoms. The van der Waals surface area contributed by atoms with E-state index in [1.165, 1.54) is 7.11 Å². The Balaban J connectivity index is 1.79. The zero-order valence-corrected chi connectivity index (χ0v) is 15.3. The minimum Gasteiger partial charge on any atom is -0.497 e. The topological polar surface area (TPSA) is 91.2 Å². The van der Waals surface area contributed by atoms with Gasteiger partial charge in [0.05, 0.1) is 19.9 Å². The van der Waals surface area contributed by atoms with Gasteiger partial charge >= 0.3 is 0 Å². The van der Waals surface area contributed by atoms with Crippen molar-refractivity contribution in [2.75, 3.05) is 19.5 Å². The van der Waals surface area contributed by atoms with Crippen molar-refractivity contribution in [2.45, 2.75) is 19.3 Å². The van der Waals surface area contributed by atoms with E-state index in [2.05, 4.69) is 20.6 Å². The van der Waals surface area contributed by atoms with Gasteiger partial charge in [-0.05, 0) is 30.7 Å². The van der Waals surface area contributed by atoms with Crippen molar-refractivity contribution in [1.29, 1.82) is 0 Å². The second-order valence-corrected chi connectivity index (χ2v) is 6.27. The van der Waals surface area contributed by atoms with Gasteiger partial charge in [-0.3, -0.25) is 4.79 Å². The van der Waals surface area contributed by atoms with Crippen LogP contribution in [0.3, 0.4) is 0 Å². The van der Waals surface area contributed by atoms with Crippen LogP contribution in [-0.2, 0) is 4.79 Å². The molecule has 1 N–H and O–H groups in total. The van der Waals surface area contributed by atoms with Crippen molar-refractivity contribution >= 4 is 11.7 Å². The summed E-state index contributed by atoms with van der Waals surface area (Å²) in [5.41, 5.74) is 2.86. The number of hydrogen-bond acceptors (Lipinski definition) is 6. The molecule has 1 aliphatic heterocycles. The summed E-state index contributed by atoms with van der Waals surface area (Å²) in [4.78, 5) is 12.4. The molecule has 0 radical (unpaired) electrons. The van der Waals surface area contributed by atoms with Gasteiger partial charge in [-0.15, -0.1) is 10.2 Å². The zero-order valence-electron chi connectivity index (χ0n) is 15.3. The highest BCUT2D eigenvalue weighted by Crippen LogP contribution is 2.40. The molecule has 0 unspecified atom stereocenters. The number of methoxy groups -OCH3 is 2. The number of benzene rings is 1. The van der Waals surface area contributed by atoms with Crippen LogP contribution in [-0.4, -0.2) is 40.1 Å². The molecule has 1 amide bonds. The van der Waals surface area contributed by atoms with Crippen molar-refractivity contribution in [3.05, 3.63) is 53.2 Å². The monoisotopic (exact) mass is 365 g/mol. The van der Waals surface area contributed by atoms with Gasteiger partial charge in [-0.25, -0.2) is 0 Å². The number of nitrogens with one attached hydrogen (secondary N) is 1. The normalized spacial score (nSPS) is 15.8. The number of anilines is 1. The van der Waals surface area contributed by atoms with E-state index >= 15 is 0 Å². The number of aryl methyl sites for hydroxylation is 1. The van der Waals surface area contributed by atoms with Crippen molar-refractivity contribution in [3.8, 4) is 17.4 Å². The molecule has 0 aliphatic carbocycles. The van der Waals surface area contributed by atoms with Crippen LogP contribution in [0.1, 0.15) is 29.2 Å². The largest absolute Gasteiger partial charge is 0.497 e. The minimum absolute atomic E-state index is 0.0639.